The summed E-state index contributed by atoms with van der Waals surface area (Å²) in [6.45, 7) is 5.55. The fraction of sp³-hybridized carbons (Fsp3) is 0.600. The zero-order chi connectivity index (χ0) is 17.6. The van der Waals surface area contributed by atoms with Crippen molar-refractivity contribution in [2.24, 2.45) is 0 Å². The first-order chi connectivity index (χ1) is 12.2. The summed E-state index contributed by atoms with van der Waals surface area (Å²) in [5.41, 5.74) is 1.73. The maximum absolute atomic E-state index is 12.6. The van der Waals surface area contributed by atoms with Crippen molar-refractivity contribution >= 4 is 11.6 Å². The van der Waals surface area contributed by atoms with Gasteiger partial charge in [-0.05, 0) is 38.3 Å². The van der Waals surface area contributed by atoms with Crippen LogP contribution in [0.1, 0.15) is 44.6 Å². The second-order valence-corrected chi connectivity index (χ2v) is 7.17. The monoisotopic (exact) mass is 340 g/mol. The Hall–Kier alpha value is -2.06. The molecule has 1 aliphatic heterocycles. The highest BCUT2D eigenvalue weighted by Crippen LogP contribution is 2.22. The van der Waals surface area contributed by atoms with Crippen molar-refractivity contribution in [3.05, 3.63) is 29.8 Å². The van der Waals surface area contributed by atoms with Crippen LogP contribution in [0.4, 0.5) is 5.69 Å². The molecule has 1 aromatic rings. The molecular formula is C20H28N4O. The standard InChI is InChI=1S/C20H28N4O/c1-16(20(25)22-18-8-3-4-9-18)23-11-6-12-24(14-13-23)19-10-5-2-7-17(19)15-21/h2,5,7,10,16,18H,3-4,6,8-9,11-14H2,1H3,(H,22,25)/t16-/m1/s1. The molecule has 1 saturated heterocycles. The quantitative estimate of drug-likeness (QED) is 0.915. The third-order valence-corrected chi connectivity index (χ3v) is 5.52. The molecule has 5 nitrogen and oxygen atoms in total. The lowest BCUT2D eigenvalue weighted by Crippen LogP contribution is -2.48. The van der Waals surface area contributed by atoms with Gasteiger partial charge in [-0.3, -0.25) is 9.69 Å². The van der Waals surface area contributed by atoms with Crippen molar-refractivity contribution in [1.82, 2.24) is 10.2 Å². The zero-order valence-corrected chi connectivity index (χ0v) is 15.1. The van der Waals surface area contributed by atoms with Crippen molar-refractivity contribution in [3.8, 4) is 6.07 Å². The number of hydrogen-bond donors (Lipinski definition) is 1. The number of carbonyl (C=O) groups excluding carboxylic acids is 1. The minimum absolute atomic E-state index is 0.0910. The summed E-state index contributed by atoms with van der Waals surface area (Å²) < 4.78 is 0. The summed E-state index contributed by atoms with van der Waals surface area (Å²) in [6.07, 6.45) is 5.71. The molecule has 1 amide bonds. The lowest BCUT2D eigenvalue weighted by atomic mass is 10.1. The molecule has 1 heterocycles. The van der Waals surface area contributed by atoms with Gasteiger partial charge in [0.05, 0.1) is 17.3 Å². The highest BCUT2D eigenvalue weighted by Gasteiger charge is 2.27. The molecule has 1 saturated carbocycles. The van der Waals surface area contributed by atoms with E-state index in [1.54, 1.807) is 0 Å². The molecule has 0 radical (unpaired) electrons. The van der Waals surface area contributed by atoms with Gasteiger partial charge in [-0.2, -0.15) is 5.26 Å². The van der Waals surface area contributed by atoms with Gasteiger partial charge in [0, 0.05) is 32.2 Å². The number of carbonyl (C=O) groups is 1. The van der Waals surface area contributed by atoms with Crippen molar-refractivity contribution < 1.29 is 4.79 Å². The van der Waals surface area contributed by atoms with Crippen LogP contribution in [-0.2, 0) is 4.79 Å². The van der Waals surface area contributed by atoms with E-state index < -0.39 is 0 Å². The van der Waals surface area contributed by atoms with E-state index in [1.807, 2.05) is 31.2 Å². The Morgan fingerprint density at radius 3 is 2.68 bits per heavy atom. The number of nitriles is 1. The third kappa shape index (κ3) is 4.32. The van der Waals surface area contributed by atoms with Crippen LogP contribution in [0.5, 0.6) is 0 Å². The summed E-state index contributed by atoms with van der Waals surface area (Å²) in [6, 6.07) is 10.3. The summed E-state index contributed by atoms with van der Waals surface area (Å²) in [7, 11) is 0. The molecule has 134 valence electrons. The summed E-state index contributed by atoms with van der Waals surface area (Å²) in [5.74, 6) is 0.165. The van der Waals surface area contributed by atoms with Gasteiger partial charge >= 0.3 is 0 Å². The Morgan fingerprint density at radius 2 is 1.92 bits per heavy atom. The van der Waals surface area contributed by atoms with Crippen LogP contribution in [0.25, 0.3) is 0 Å². The topological polar surface area (TPSA) is 59.4 Å². The highest BCUT2D eigenvalue weighted by atomic mass is 16.2. The third-order valence-electron chi connectivity index (χ3n) is 5.52. The van der Waals surface area contributed by atoms with Crippen LogP contribution in [0.3, 0.4) is 0 Å². The minimum atomic E-state index is -0.0910. The second-order valence-electron chi connectivity index (χ2n) is 7.17. The Labute approximate surface area is 150 Å². The Kier molecular flexibility index (Phi) is 5.93. The molecule has 0 bridgehead atoms. The fourth-order valence-electron chi connectivity index (χ4n) is 3.97. The first-order valence-corrected chi connectivity index (χ1v) is 9.47. The van der Waals surface area contributed by atoms with Gasteiger partial charge in [-0.15, -0.1) is 0 Å². The predicted octanol–water partition coefficient (Wildman–Crippen LogP) is 2.52. The van der Waals surface area contributed by atoms with Gasteiger partial charge in [0.1, 0.15) is 6.07 Å². The average Bonchev–Trinajstić information content (AvgIpc) is 3.02. The number of nitrogens with zero attached hydrogens (tertiary/aromatic N) is 3. The van der Waals surface area contributed by atoms with E-state index in [0.29, 0.717) is 6.04 Å². The molecule has 0 aromatic heterocycles. The van der Waals surface area contributed by atoms with Crippen LogP contribution in [0.2, 0.25) is 0 Å². The number of amides is 1. The molecule has 1 N–H and O–H groups in total. The predicted molar refractivity (Wildman–Crippen MR) is 99.4 cm³/mol. The molecule has 0 spiro atoms. The normalized spacial score (nSPS) is 20.7. The summed E-state index contributed by atoms with van der Waals surface area (Å²) in [5, 5.41) is 12.5. The maximum atomic E-state index is 12.6. The van der Waals surface area contributed by atoms with Crippen LogP contribution >= 0.6 is 0 Å². The van der Waals surface area contributed by atoms with Crippen molar-refractivity contribution in [2.75, 3.05) is 31.1 Å². The number of benzene rings is 1. The molecule has 0 unspecified atom stereocenters. The second kappa shape index (κ2) is 8.35. The molecule has 25 heavy (non-hydrogen) atoms. The van der Waals surface area contributed by atoms with Crippen LogP contribution in [0.15, 0.2) is 24.3 Å². The number of hydrogen-bond acceptors (Lipinski definition) is 4. The van der Waals surface area contributed by atoms with Gasteiger partial charge in [-0.25, -0.2) is 0 Å². The largest absolute Gasteiger partial charge is 0.369 e. The Morgan fingerprint density at radius 1 is 1.16 bits per heavy atom. The molecule has 2 aliphatic rings. The van der Waals surface area contributed by atoms with Crippen molar-refractivity contribution in [2.45, 2.75) is 51.1 Å². The first kappa shape index (κ1) is 17.8. The van der Waals surface area contributed by atoms with E-state index in [1.165, 1.54) is 12.8 Å². The van der Waals surface area contributed by atoms with E-state index in [-0.39, 0.29) is 11.9 Å². The molecule has 1 aliphatic carbocycles. The van der Waals surface area contributed by atoms with Crippen LogP contribution < -0.4 is 10.2 Å². The Balaban J connectivity index is 1.59. The minimum Gasteiger partial charge on any atom is -0.369 e. The van der Waals surface area contributed by atoms with Crippen molar-refractivity contribution in [3.63, 3.8) is 0 Å². The van der Waals surface area contributed by atoms with E-state index >= 15 is 0 Å². The van der Waals surface area contributed by atoms with E-state index in [0.717, 1.165) is 56.7 Å². The van der Waals surface area contributed by atoms with Crippen molar-refractivity contribution in [1.29, 1.82) is 5.26 Å². The zero-order valence-electron chi connectivity index (χ0n) is 15.1. The molecule has 2 fully saturated rings. The Bertz CT molecular complexity index is 633. The van der Waals surface area contributed by atoms with Gasteiger partial charge in [0.15, 0.2) is 0 Å². The maximum Gasteiger partial charge on any atom is 0.237 e. The van der Waals surface area contributed by atoms with Gasteiger partial charge < -0.3 is 10.2 Å². The number of para-hydroxylation sites is 1. The van der Waals surface area contributed by atoms with E-state index in [9.17, 15) is 10.1 Å². The van der Waals surface area contributed by atoms with Gasteiger partial charge in [0.2, 0.25) is 5.91 Å². The smallest absolute Gasteiger partial charge is 0.237 e. The number of anilines is 1. The lowest BCUT2D eigenvalue weighted by Gasteiger charge is -2.28. The average molecular weight is 340 g/mol. The van der Waals surface area contributed by atoms with Gasteiger partial charge in [-0.1, -0.05) is 25.0 Å². The summed E-state index contributed by atoms with van der Waals surface area (Å²) in [4.78, 5) is 17.1. The SMILES string of the molecule is C[C@H](C(=O)NC1CCCC1)N1CCCN(c2ccccc2C#N)CC1. The van der Waals surface area contributed by atoms with E-state index in [2.05, 4.69) is 21.2 Å². The molecule has 1 aromatic carbocycles. The lowest BCUT2D eigenvalue weighted by molar-refractivity contribution is -0.126. The number of nitrogens with one attached hydrogen (secondary N) is 1. The fourth-order valence-corrected chi connectivity index (χ4v) is 3.97. The molecule has 5 heteroatoms. The summed E-state index contributed by atoms with van der Waals surface area (Å²) >= 11 is 0. The van der Waals surface area contributed by atoms with E-state index in [4.69, 9.17) is 0 Å². The highest BCUT2D eigenvalue weighted by molar-refractivity contribution is 5.81. The molecular weight excluding hydrogens is 312 g/mol. The first-order valence-electron chi connectivity index (χ1n) is 9.47. The molecule has 1 atom stereocenters. The van der Waals surface area contributed by atoms with Crippen LogP contribution in [0, 0.1) is 11.3 Å². The molecule has 3 rings (SSSR count). The van der Waals surface area contributed by atoms with Crippen LogP contribution in [-0.4, -0.2) is 49.1 Å². The van der Waals surface area contributed by atoms with Gasteiger partial charge in [0.25, 0.3) is 0 Å². The number of rotatable bonds is 4.